The zero-order valence-electron chi connectivity index (χ0n) is 12.0. The number of fused-ring (bicyclic) bond motifs is 1. The molecule has 1 N–H and O–H groups in total. The summed E-state index contributed by atoms with van der Waals surface area (Å²) in [5.74, 6) is 0.462. The van der Waals surface area contributed by atoms with Crippen molar-refractivity contribution >= 4 is 44.6 Å². The molecule has 0 aliphatic rings. The summed E-state index contributed by atoms with van der Waals surface area (Å²) in [6.07, 6.45) is 3.14. The highest BCUT2D eigenvalue weighted by Gasteiger charge is 2.03. The van der Waals surface area contributed by atoms with Gasteiger partial charge in [-0.2, -0.15) is 0 Å². The molecular weight excluding hydrogens is 342 g/mol. The van der Waals surface area contributed by atoms with Crippen LogP contribution in [0.4, 0.5) is 5.69 Å². The second kappa shape index (κ2) is 6.20. The monoisotopic (exact) mass is 355 g/mol. The average Bonchev–Trinajstić information content (AvgIpc) is 2.89. The summed E-state index contributed by atoms with van der Waals surface area (Å²) < 4.78 is 6.65. The van der Waals surface area contributed by atoms with Gasteiger partial charge in [0.2, 0.25) is 5.91 Å². The van der Waals surface area contributed by atoms with Gasteiger partial charge in [0, 0.05) is 21.6 Å². The van der Waals surface area contributed by atoms with Crippen LogP contribution in [-0.4, -0.2) is 5.91 Å². The predicted octanol–water partition coefficient (Wildman–Crippen LogP) is 5.16. The second-order valence-corrected chi connectivity index (χ2v) is 5.88. The van der Waals surface area contributed by atoms with Crippen LogP contribution in [0.3, 0.4) is 0 Å². The molecule has 0 unspecified atom stereocenters. The molecule has 4 heteroatoms. The van der Waals surface area contributed by atoms with E-state index in [1.54, 1.807) is 6.08 Å². The van der Waals surface area contributed by atoms with Gasteiger partial charge >= 0.3 is 0 Å². The van der Waals surface area contributed by atoms with Crippen molar-refractivity contribution in [2.75, 3.05) is 5.32 Å². The van der Waals surface area contributed by atoms with Crippen molar-refractivity contribution in [1.29, 1.82) is 0 Å². The van der Waals surface area contributed by atoms with Crippen LogP contribution in [0.25, 0.3) is 17.0 Å². The lowest BCUT2D eigenvalue weighted by molar-refractivity contribution is -0.111. The first-order valence-corrected chi connectivity index (χ1v) is 7.65. The van der Waals surface area contributed by atoms with Crippen LogP contribution in [0.5, 0.6) is 0 Å². The summed E-state index contributed by atoms with van der Waals surface area (Å²) in [6, 6.07) is 15.3. The third-order valence-electron chi connectivity index (χ3n) is 3.30. The van der Waals surface area contributed by atoms with Crippen LogP contribution >= 0.6 is 15.9 Å². The van der Waals surface area contributed by atoms with E-state index in [4.69, 9.17) is 4.42 Å². The number of anilines is 1. The zero-order chi connectivity index (χ0) is 15.5. The Morgan fingerprint density at radius 2 is 2.00 bits per heavy atom. The Balaban J connectivity index is 1.75. The molecule has 0 saturated heterocycles. The van der Waals surface area contributed by atoms with Crippen LogP contribution in [-0.2, 0) is 4.79 Å². The number of benzene rings is 2. The molecule has 110 valence electrons. The van der Waals surface area contributed by atoms with Crippen LogP contribution < -0.4 is 5.32 Å². The molecule has 0 spiro atoms. The number of carbonyl (C=O) groups excluding carboxylic acids is 1. The largest absolute Gasteiger partial charge is 0.457 e. The summed E-state index contributed by atoms with van der Waals surface area (Å²) in [5, 5.41) is 3.84. The number of carbonyl (C=O) groups is 1. The fourth-order valence-corrected chi connectivity index (χ4v) is 2.54. The molecule has 0 saturated carbocycles. The molecule has 3 aromatic rings. The summed E-state index contributed by atoms with van der Waals surface area (Å²) in [7, 11) is 0. The normalized spacial score (nSPS) is 11.2. The van der Waals surface area contributed by atoms with Gasteiger partial charge in [-0.1, -0.05) is 34.1 Å². The molecule has 0 fully saturated rings. The minimum absolute atomic E-state index is 0.184. The number of halogens is 1. The Morgan fingerprint density at radius 1 is 1.18 bits per heavy atom. The standard InChI is InChI=1S/C18H14BrNO2/c1-12-4-2-3-5-16(12)20-18(21)9-7-15-11-13-10-14(19)6-8-17(13)22-15/h2-11H,1H3,(H,20,21)/b9-7+. The molecule has 1 heterocycles. The molecule has 2 aromatic carbocycles. The van der Waals surface area contributed by atoms with Crippen molar-refractivity contribution < 1.29 is 9.21 Å². The SMILES string of the molecule is Cc1ccccc1NC(=O)/C=C/c1cc2cc(Br)ccc2o1. The van der Waals surface area contributed by atoms with Crippen molar-refractivity contribution in [1.82, 2.24) is 0 Å². The molecule has 0 aliphatic carbocycles. The summed E-state index contributed by atoms with van der Waals surface area (Å²) in [5.41, 5.74) is 2.63. The highest BCUT2D eigenvalue weighted by molar-refractivity contribution is 9.10. The second-order valence-electron chi connectivity index (χ2n) is 4.97. The maximum atomic E-state index is 12.0. The smallest absolute Gasteiger partial charge is 0.248 e. The van der Waals surface area contributed by atoms with Crippen LogP contribution in [0.15, 0.2) is 63.5 Å². The number of hydrogen-bond acceptors (Lipinski definition) is 2. The molecule has 0 aliphatic heterocycles. The van der Waals surface area contributed by atoms with Crippen molar-refractivity contribution in [3.8, 4) is 0 Å². The highest BCUT2D eigenvalue weighted by atomic mass is 79.9. The van der Waals surface area contributed by atoms with Crippen LogP contribution in [0.2, 0.25) is 0 Å². The number of furan rings is 1. The maximum absolute atomic E-state index is 12.0. The Bertz CT molecular complexity index is 864. The first-order valence-electron chi connectivity index (χ1n) is 6.85. The fraction of sp³-hybridized carbons (Fsp3) is 0.0556. The Morgan fingerprint density at radius 3 is 2.82 bits per heavy atom. The first-order chi connectivity index (χ1) is 10.6. The molecule has 0 radical (unpaired) electrons. The van der Waals surface area contributed by atoms with E-state index >= 15 is 0 Å². The lowest BCUT2D eigenvalue weighted by Gasteiger charge is -2.04. The van der Waals surface area contributed by atoms with Gasteiger partial charge in [0.05, 0.1) is 0 Å². The Labute approximate surface area is 136 Å². The van der Waals surface area contributed by atoms with E-state index in [-0.39, 0.29) is 5.91 Å². The fourth-order valence-electron chi connectivity index (χ4n) is 2.16. The van der Waals surface area contributed by atoms with E-state index in [1.165, 1.54) is 6.08 Å². The zero-order valence-corrected chi connectivity index (χ0v) is 13.6. The van der Waals surface area contributed by atoms with E-state index in [0.717, 1.165) is 26.7 Å². The molecule has 1 aromatic heterocycles. The molecule has 3 rings (SSSR count). The molecule has 3 nitrogen and oxygen atoms in total. The lowest BCUT2D eigenvalue weighted by Crippen LogP contribution is -2.08. The Hall–Kier alpha value is -2.33. The van der Waals surface area contributed by atoms with Gasteiger partial charge in [-0.25, -0.2) is 0 Å². The van der Waals surface area contributed by atoms with Gasteiger partial charge in [0.1, 0.15) is 11.3 Å². The summed E-state index contributed by atoms with van der Waals surface area (Å²) >= 11 is 3.42. The van der Waals surface area contributed by atoms with Crippen molar-refractivity contribution in [2.45, 2.75) is 6.92 Å². The van der Waals surface area contributed by atoms with Crippen molar-refractivity contribution in [3.05, 3.63) is 70.4 Å². The van der Waals surface area contributed by atoms with Gasteiger partial charge in [0.25, 0.3) is 0 Å². The maximum Gasteiger partial charge on any atom is 0.248 e. The van der Waals surface area contributed by atoms with Crippen LogP contribution in [0, 0.1) is 6.92 Å². The highest BCUT2D eigenvalue weighted by Crippen LogP contribution is 2.24. The number of nitrogens with one attached hydrogen (secondary N) is 1. The predicted molar refractivity (Wildman–Crippen MR) is 92.8 cm³/mol. The number of hydrogen-bond donors (Lipinski definition) is 1. The number of aryl methyl sites for hydroxylation is 1. The van der Waals surface area contributed by atoms with E-state index in [2.05, 4.69) is 21.2 Å². The Kier molecular flexibility index (Phi) is 4.11. The minimum Gasteiger partial charge on any atom is -0.457 e. The molecule has 0 bridgehead atoms. The molecule has 22 heavy (non-hydrogen) atoms. The van der Waals surface area contributed by atoms with E-state index in [9.17, 15) is 4.79 Å². The third kappa shape index (κ3) is 3.28. The van der Waals surface area contributed by atoms with Gasteiger partial charge in [-0.15, -0.1) is 0 Å². The first kappa shape index (κ1) is 14.6. The molecule has 0 atom stereocenters. The number of rotatable bonds is 3. The van der Waals surface area contributed by atoms with Gasteiger partial charge in [-0.3, -0.25) is 4.79 Å². The van der Waals surface area contributed by atoms with E-state index in [0.29, 0.717) is 5.76 Å². The van der Waals surface area contributed by atoms with Gasteiger partial charge < -0.3 is 9.73 Å². The van der Waals surface area contributed by atoms with Crippen LogP contribution in [0.1, 0.15) is 11.3 Å². The van der Waals surface area contributed by atoms with Crippen molar-refractivity contribution in [3.63, 3.8) is 0 Å². The van der Waals surface area contributed by atoms with Gasteiger partial charge in [-0.05, 0) is 48.9 Å². The number of para-hydroxylation sites is 1. The minimum atomic E-state index is -0.184. The number of amides is 1. The van der Waals surface area contributed by atoms with E-state index < -0.39 is 0 Å². The molecular formula is C18H14BrNO2. The summed E-state index contributed by atoms with van der Waals surface area (Å²) in [6.45, 7) is 1.95. The third-order valence-corrected chi connectivity index (χ3v) is 3.79. The summed E-state index contributed by atoms with van der Waals surface area (Å²) in [4.78, 5) is 12.0. The van der Waals surface area contributed by atoms with Gasteiger partial charge in [0.15, 0.2) is 0 Å². The lowest BCUT2D eigenvalue weighted by atomic mass is 10.2. The van der Waals surface area contributed by atoms with E-state index in [1.807, 2.05) is 55.5 Å². The average molecular weight is 356 g/mol. The topological polar surface area (TPSA) is 42.2 Å². The molecule has 1 amide bonds. The quantitative estimate of drug-likeness (QED) is 0.659. The van der Waals surface area contributed by atoms with Crippen molar-refractivity contribution in [2.24, 2.45) is 0 Å².